The van der Waals surface area contributed by atoms with Gasteiger partial charge in [0.1, 0.15) is 5.82 Å². The maximum Gasteiger partial charge on any atom is 0.167 e. The number of hydrogen-bond acceptors (Lipinski definition) is 3. The van der Waals surface area contributed by atoms with E-state index in [-0.39, 0.29) is 5.82 Å². The molecule has 4 rings (SSSR count). The van der Waals surface area contributed by atoms with Crippen LogP contribution in [0.25, 0.3) is 11.4 Å². The second kappa shape index (κ2) is 4.13. The lowest BCUT2D eigenvalue weighted by Gasteiger charge is -2.25. The van der Waals surface area contributed by atoms with Gasteiger partial charge in [0.25, 0.3) is 0 Å². The highest BCUT2D eigenvalue weighted by Crippen LogP contribution is 2.42. The van der Waals surface area contributed by atoms with Crippen LogP contribution in [-0.4, -0.2) is 21.3 Å². The number of fused-ring (bicyclic) bond motifs is 1. The molecule has 2 aromatic rings. The van der Waals surface area contributed by atoms with Crippen LogP contribution in [0.3, 0.4) is 0 Å². The Morgan fingerprint density at radius 3 is 2.84 bits per heavy atom. The van der Waals surface area contributed by atoms with Gasteiger partial charge in [0.15, 0.2) is 11.6 Å². The quantitative estimate of drug-likeness (QED) is 0.897. The first-order chi connectivity index (χ1) is 9.34. The van der Waals surface area contributed by atoms with Gasteiger partial charge in [-0.1, -0.05) is 12.1 Å². The van der Waals surface area contributed by atoms with Crippen LogP contribution in [0.5, 0.6) is 0 Å². The van der Waals surface area contributed by atoms with Crippen LogP contribution in [-0.2, 0) is 6.54 Å². The van der Waals surface area contributed by atoms with Crippen molar-refractivity contribution in [3.63, 3.8) is 0 Å². The fourth-order valence-corrected chi connectivity index (χ4v) is 2.84. The standard InChI is InChI=1S/C14H15FN4/c15-11-4-2-1-3-10(11)13-17-18-14-12(9-5-6-9)16-7-8-19(13)14/h1-4,9,12,16H,5-8H2. The molecule has 0 bridgehead atoms. The minimum absolute atomic E-state index is 0.237. The van der Waals surface area contributed by atoms with Gasteiger partial charge in [0, 0.05) is 13.1 Å². The molecule has 1 saturated carbocycles. The summed E-state index contributed by atoms with van der Waals surface area (Å²) in [7, 11) is 0. The summed E-state index contributed by atoms with van der Waals surface area (Å²) in [5.74, 6) is 2.06. The van der Waals surface area contributed by atoms with Crippen LogP contribution in [0.1, 0.15) is 24.7 Å². The van der Waals surface area contributed by atoms with Crippen molar-refractivity contribution in [3.8, 4) is 11.4 Å². The molecule has 1 fully saturated rings. The van der Waals surface area contributed by atoms with Crippen LogP contribution < -0.4 is 5.32 Å². The predicted molar refractivity (Wildman–Crippen MR) is 68.9 cm³/mol. The largest absolute Gasteiger partial charge is 0.308 e. The Kier molecular flexibility index (Phi) is 2.41. The molecule has 1 unspecified atom stereocenters. The van der Waals surface area contributed by atoms with Gasteiger partial charge in [-0.3, -0.25) is 0 Å². The molecule has 2 heterocycles. The third-order valence-electron chi connectivity index (χ3n) is 3.97. The maximum absolute atomic E-state index is 13.9. The van der Waals surface area contributed by atoms with Gasteiger partial charge in [-0.25, -0.2) is 4.39 Å². The molecule has 0 radical (unpaired) electrons. The minimum atomic E-state index is -0.237. The monoisotopic (exact) mass is 258 g/mol. The lowest BCUT2D eigenvalue weighted by atomic mass is 10.1. The Labute approximate surface area is 110 Å². The SMILES string of the molecule is Fc1ccccc1-c1nnc2n1CCNC2C1CC1. The first-order valence-electron chi connectivity index (χ1n) is 6.76. The molecule has 1 N–H and O–H groups in total. The molecule has 4 nitrogen and oxygen atoms in total. The second-order valence-corrected chi connectivity index (χ2v) is 5.28. The lowest BCUT2D eigenvalue weighted by Crippen LogP contribution is -2.35. The number of hydrogen-bond donors (Lipinski definition) is 1. The Balaban J connectivity index is 1.81. The van der Waals surface area contributed by atoms with Gasteiger partial charge in [-0.2, -0.15) is 0 Å². The van der Waals surface area contributed by atoms with E-state index in [1.165, 1.54) is 18.9 Å². The first-order valence-corrected chi connectivity index (χ1v) is 6.76. The summed E-state index contributed by atoms with van der Waals surface area (Å²) in [4.78, 5) is 0. The third-order valence-corrected chi connectivity index (χ3v) is 3.97. The normalized spacial score (nSPS) is 22.3. The molecule has 98 valence electrons. The van der Waals surface area contributed by atoms with E-state index < -0.39 is 0 Å². The Morgan fingerprint density at radius 1 is 1.21 bits per heavy atom. The number of benzene rings is 1. The third kappa shape index (κ3) is 1.76. The zero-order valence-corrected chi connectivity index (χ0v) is 10.5. The van der Waals surface area contributed by atoms with E-state index in [2.05, 4.69) is 20.1 Å². The maximum atomic E-state index is 13.9. The average Bonchev–Trinajstić information content (AvgIpc) is 3.19. The van der Waals surface area contributed by atoms with Crippen molar-refractivity contribution in [1.82, 2.24) is 20.1 Å². The van der Waals surface area contributed by atoms with Gasteiger partial charge < -0.3 is 9.88 Å². The summed E-state index contributed by atoms with van der Waals surface area (Å²) >= 11 is 0. The van der Waals surface area contributed by atoms with Crippen LogP contribution in [0.4, 0.5) is 4.39 Å². The van der Waals surface area contributed by atoms with Crippen molar-refractivity contribution in [1.29, 1.82) is 0 Å². The molecule has 2 aliphatic rings. The molecule has 1 aliphatic carbocycles. The van der Waals surface area contributed by atoms with E-state index in [1.54, 1.807) is 12.1 Å². The molecule has 1 aromatic carbocycles. The van der Waals surface area contributed by atoms with Gasteiger partial charge in [-0.05, 0) is 30.9 Å². The summed E-state index contributed by atoms with van der Waals surface area (Å²) in [5.41, 5.74) is 0.540. The van der Waals surface area contributed by atoms with E-state index in [9.17, 15) is 4.39 Å². The highest BCUT2D eigenvalue weighted by atomic mass is 19.1. The predicted octanol–water partition coefficient (Wildman–Crippen LogP) is 2.14. The molecular weight excluding hydrogens is 243 g/mol. The fraction of sp³-hybridized carbons (Fsp3) is 0.429. The molecule has 1 aliphatic heterocycles. The fourth-order valence-electron chi connectivity index (χ4n) is 2.84. The zero-order valence-electron chi connectivity index (χ0n) is 10.5. The number of rotatable bonds is 2. The summed E-state index contributed by atoms with van der Waals surface area (Å²) in [5, 5.41) is 12.0. The second-order valence-electron chi connectivity index (χ2n) is 5.28. The van der Waals surface area contributed by atoms with Crippen LogP contribution >= 0.6 is 0 Å². The lowest BCUT2D eigenvalue weighted by molar-refractivity contribution is 0.382. The van der Waals surface area contributed by atoms with Gasteiger partial charge in [-0.15, -0.1) is 10.2 Å². The summed E-state index contributed by atoms with van der Waals surface area (Å²) < 4.78 is 16.0. The molecular formula is C14H15FN4. The van der Waals surface area contributed by atoms with Crippen molar-refractivity contribution in [2.45, 2.75) is 25.4 Å². The average molecular weight is 258 g/mol. The minimum Gasteiger partial charge on any atom is -0.308 e. The number of nitrogens with zero attached hydrogens (tertiary/aromatic N) is 3. The highest BCUT2D eigenvalue weighted by molar-refractivity contribution is 5.56. The Bertz CT molecular complexity index is 618. The van der Waals surface area contributed by atoms with Gasteiger partial charge in [0.05, 0.1) is 11.6 Å². The van der Waals surface area contributed by atoms with Crippen molar-refractivity contribution < 1.29 is 4.39 Å². The van der Waals surface area contributed by atoms with Crippen molar-refractivity contribution >= 4 is 0 Å². The van der Waals surface area contributed by atoms with E-state index in [1.807, 2.05) is 6.07 Å². The highest BCUT2D eigenvalue weighted by Gasteiger charge is 2.37. The van der Waals surface area contributed by atoms with Crippen LogP contribution in [0.2, 0.25) is 0 Å². The van der Waals surface area contributed by atoms with Crippen molar-refractivity contribution in [2.24, 2.45) is 5.92 Å². The van der Waals surface area contributed by atoms with Crippen molar-refractivity contribution in [2.75, 3.05) is 6.54 Å². The van der Waals surface area contributed by atoms with Gasteiger partial charge in [0.2, 0.25) is 0 Å². The Hall–Kier alpha value is -1.75. The summed E-state index contributed by atoms with van der Waals surface area (Å²) in [6, 6.07) is 7.05. The van der Waals surface area contributed by atoms with Gasteiger partial charge >= 0.3 is 0 Å². The van der Waals surface area contributed by atoms with Crippen LogP contribution in [0.15, 0.2) is 24.3 Å². The number of nitrogens with one attached hydrogen (secondary N) is 1. The molecule has 0 saturated heterocycles. The molecule has 0 spiro atoms. The van der Waals surface area contributed by atoms with E-state index in [0.717, 1.165) is 18.9 Å². The molecule has 1 aromatic heterocycles. The molecule has 19 heavy (non-hydrogen) atoms. The molecule has 5 heteroatoms. The Morgan fingerprint density at radius 2 is 2.05 bits per heavy atom. The summed E-state index contributed by atoms with van der Waals surface area (Å²) in [6.07, 6.45) is 2.50. The molecule has 1 atom stereocenters. The summed E-state index contributed by atoms with van der Waals surface area (Å²) in [6.45, 7) is 1.70. The van der Waals surface area contributed by atoms with Crippen LogP contribution in [0, 0.1) is 11.7 Å². The number of aromatic nitrogens is 3. The van der Waals surface area contributed by atoms with E-state index in [0.29, 0.717) is 23.3 Å². The van der Waals surface area contributed by atoms with Crippen molar-refractivity contribution in [3.05, 3.63) is 35.9 Å². The molecule has 0 amide bonds. The van der Waals surface area contributed by atoms with E-state index >= 15 is 0 Å². The topological polar surface area (TPSA) is 42.7 Å². The number of halogens is 1. The van der Waals surface area contributed by atoms with E-state index in [4.69, 9.17) is 0 Å². The smallest absolute Gasteiger partial charge is 0.167 e. The first kappa shape index (κ1) is 11.1. The zero-order chi connectivity index (χ0) is 12.8.